The fourth-order valence-corrected chi connectivity index (χ4v) is 5.23. The largest absolute Gasteiger partial charge is 0.467 e. The third-order valence-corrected chi connectivity index (χ3v) is 7.48. The number of hydrogen-bond donors (Lipinski definition) is 0. The number of carbonyl (C=O) groups excluding carboxylic acids is 1. The Morgan fingerprint density at radius 2 is 1.50 bits per heavy atom. The molecule has 0 N–H and O–H groups in total. The van der Waals surface area contributed by atoms with Gasteiger partial charge in [0, 0.05) is 32.7 Å². The summed E-state index contributed by atoms with van der Waals surface area (Å²) < 4.78 is 32.6. The van der Waals surface area contributed by atoms with Crippen molar-refractivity contribution < 1.29 is 17.6 Å². The van der Waals surface area contributed by atoms with Crippen molar-refractivity contribution in [1.29, 1.82) is 0 Å². The summed E-state index contributed by atoms with van der Waals surface area (Å²) in [6.45, 7) is 2.87. The van der Waals surface area contributed by atoms with E-state index in [2.05, 4.69) is 0 Å². The molecule has 1 amide bonds. The molecule has 0 saturated carbocycles. The molecule has 1 fully saturated rings. The van der Waals surface area contributed by atoms with Crippen LogP contribution in [0.3, 0.4) is 0 Å². The van der Waals surface area contributed by atoms with Crippen molar-refractivity contribution in [3.05, 3.63) is 90.4 Å². The highest BCUT2D eigenvalue weighted by Crippen LogP contribution is 2.18. The maximum Gasteiger partial charge on any atom is 0.243 e. The van der Waals surface area contributed by atoms with E-state index < -0.39 is 10.0 Å². The van der Waals surface area contributed by atoms with Crippen LogP contribution in [0.25, 0.3) is 0 Å². The van der Waals surface area contributed by atoms with E-state index in [1.54, 1.807) is 41.5 Å². The first kappa shape index (κ1) is 22.3. The first-order valence-electron chi connectivity index (χ1n) is 10.6. The summed E-state index contributed by atoms with van der Waals surface area (Å²) in [5.74, 6) is 0.720. The van der Waals surface area contributed by atoms with E-state index >= 15 is 0 Å². The van der Waals surface area contributed by atoms with E-state index in [9.17, 15) is 13.2 Å². The van der Waals surface area contributed by atoms with E-state index in [1.165, 1.54) is 4.31 Å². The van der Waals surface area contributed by atoms with E-state index in [1.807, 2.05) is 47.4 Å². The molecule has 0 unspecified atom stereocenters. The quantitative estimate of drug-likeness (QED) is 0.524. The van der Waals surface area contributed by atoms with Gasteiger partial charge in [0.15, 0.2) is 0 Å². The lowest BCUT2D eigenvalue weighted by molar-refractivity contribution is -0.134. The molecule has 0 radical (unpaired) electrons. The Balaban J connectivity index is 1.37. The Kier molecular flexibility index (Phi) is 7.04. The van der Waals surface area contributed by atoms with Gasteiger partial charge in [-0.1, -0.05) is 48.5 Å². The molecular formula is C24H27N3O4S. The molecule has 7 nitrogen and oxygen atoms in total. The highest BCUT2D eigenvalue weighted by molar-refractivity contribution is 7.89. The third kappa shape index (κ3) is 5.45. The van der Waals surface area contributed by atoms with Crippen LogP contribution in [-0.4, -0.2) is 61.2 Å². The lowest BCUT2D eigenvalue weighted by atomic mass is 10.2. The van der Waals surface area contributed by atoms with E-state index in [0.29, 0.717) is 44.2 Å². The number of rotatable bonds is 8. The van der Waals surface area contributed by atoms with Crippen LogP contribution < -0.4 is 0 Å². The Morgan fingerprint density at radius 3 is 2.12 bits per heavy atom. The molecule has 1 aliphatic heterocycles. The summed E-state index contributed by atoms with van der Waals surface area (Å²) in [5.41, 5.74) is 1.05. The van der Waals surface area contributed by atoms with Gasteiger partial charge in [0.2, 0.25) is 15.9 Å². The lowest BCUT2D eigenvalue weighted by Crippen LogP contribution is -2.51. The molecule has 1 aromatic heterocycles. The SMILES string of the molecule is O=C(CN1CCN(S(=O)(=O)c2ccccc2)CC1)N(Cc1ccccc1)Cc1ccco1. The predicted octanol–water partition coefficient (Wildman–Crippen LogP) is 2.81. The van der Waals surface area contributed by atoms with Gasteiger partial charge in [0.05, 0.1) is 24.2 Å². The number of carbonyl (C=O) groups is 1. The second-order valence-electron chi connectivity index (χ2n) is 7.81. The monoisotopic (exact) mass is 453 g/mol. The molecule has 8 heteroatoms. The highest BCUT2D eigenvalue weighted by atomic mass is 32.2. The minimum Gasteiger partial charge on any atom is -0.467 e. The van der Waals surface area contributed by atoms with Gasteiger partial charge < -0.3 is 9.32 Å². The molecular weight excluding hydrogens is 426 g/mol. The highest BCUT2D eigenvalue weighted by Gasteiger charge is 2.29. The first-order chi connectivity index (χ1) is 15.5. The summed E-state index contributed by atoms with van der Waals surface area (Å²) in [7, 11) is -3.51. The molecule has 1 aliphatic rings. The van der Waals surface area contributed by atoms with Crippen LogP contribution >= 0.6 is 0 Å². The first-order valence-corrected chi connectivity index (χ1v) is 12.1. The van der Waals surface area contributed by atoms with Crippen LogP contribution in [0.5, 0.6) is 0 Å². The van der Waals surface area contributed by atoms with Crippen LogP contribution in [0.2, 0.25) is 0 Å². The van der Waals surface area contributed by atoms with E-state index in [4.69, 9.17) is 4.42 Å². The van der Waals surface area contributed by atoms with Gasteiger partial charge >= 0.3 is 0 Å². The fraction of sp³-hybridized carbons (Fsp3) is 0.292. The molecule has 0 bridgehead atoms. The fourth-order valence-electron chi connectivity index (χ4n) is 3.79. The second-order valence-corrected chi connectivity index (χ2v) is 9.75. The van der Waals surface area contributed by atoms with Gasteiger partial charge in [0.25, 0.3) is 0 Å². The van der Waals surface area contributed by atoms with Gasteiger partial charge in [-0.2, -0.15) is 4.31 Å². The normalized spacial score (nSPS) is 15.5. The molecule has 2 heterocycles. The van der Waals surface area contributed by atoms with Crippen LogP contribution in [-0.2, 0) is 27.9 Å². The van der Waals surface area contributed by atoms with Gasteiger partial charge in [-0.05, 0) is 29.8 Å². The molecule has 168 valence electrons. The zero-order valence-electron chi connectivity index (χ0n) is 17.8. The van der Waals surface area contributed by atoms with Crippen LogP contribution in [0, 0.1) is 0 Å². The van der Waals surface area contributed by atoms with E-state index in [-0.39, 0.29) is 12.5 Å². The topological polar surface area (TPSA) is 74.1 Å². The number of amides is 1. The minimum atomic E-state index is -3.51. The molecule has 0 aliphatic carbocycles. The van der Waals surface area contributed by atoms with Gasteiger partial charge in [-0.3, -0.25) is 9.69 Å². The average Bonchev–Trinajstić information content (AvgIpc) is 3.33. The number of furan rings is 1. The van der Waals surface area contributed by atoms with Gasteiger partial charge in [-0.25, -0.2) is 8.42 Å². The molecule has 1 saturated heterocycles. The summed E-state index contributed by atoms with van der Waals surface area (Å²) in [6.07, 6.45) is 1.60. The smallest absolute Gasteiger partial charge is 0.243 e. The van der Waals surface area contributed by atoms with Crippen molar-refractivity contribution >= 4 is 15.9 Å². The Bertz CT molecular complexity index is 1090. The second kappa shape index (κ2) is 10.1. The Hall–Kier alpha value is -2.94. The summed E-state index contributed by atoms with van der Waals surface area (Å²) in [5, 5.41) is 0. The van der Waals surface area contributed by atoms with Crippen molar-refractivity contribution in [2.24, 2.45) is 0 Å². The van der Waals surface area contributed by atoms with Crippen molar-refractivity contribution in [2.75, 3.05) is 32.7 Å². The molecule has 32 heavy (non-hydrogen) atoms. The van der Waals surface area contributed by atoms with Crippen LogP contribution in [0.4, 0.5) is 0 Å². The number of piperazine rings is 1. The molecule has 0 atom stereocenters. The summed E-state index contributed by atoms with van der Waals surface area (Å²) in [6, 6.07) is 22.0. The lowest BCUT2D eigenvalue weighted by Gasteiger charge is -2.34. The predicted molar refractivity (Wildman–Crippen MR) is 121 cm³/mol. The van der Waals surface area contributed by atoms with Gasteiger partial charge in [-0.15, -0.1) is 0 Å². The maximum atomic E-state index is 13.2. The zero-order valence-corrected chi connectivity index (χ0v) is 18.7. The van der Waals surface area contributed by atoms with Crippen molar-refractivity contribution in [3.63, 3.8) is 0 Å². The average molecular weight is 454 g/mol. The van der Waals surface area contributed by atoms with Crippen molar-refractivity contribution in [2.45, 2.75) is 18.0 Å². The number of sulfonamides is 1. The summed E-state index contributed by atoms with van der Waals surface area (Å²) in [4.78, 5) is 17.2. The number of benzene rings is 2. The standard InChI is InChI=1S/C24H27N3O4S/c28-24(26(19-22-10-7-17-31-22)18-21-8-3-1-4-9-21)20-25-13-15-27(16-14-25)32(29,30)23-11-5-2-6-12-23/h1-12,17H,13-16,18-20H2. The maximum absolute atomic E-state index is 13.2. The number of hydrogen-bond acceptors (Lipinski definition) is 5. The van der Waals surface area contributed by atoms with Crippen molar-refractivity contribution in [1.82, 2.24) is 14.1 Å². The Labute approximate surface area is 188 Å². The van der Waals surface area contributed by atoms with Gasteiger partial charge in [0.1, 0.15) is 5.76 Å². The van der Waals surface area contributed by atoms with E-state index in [0.717, 1.165) is 11.3 Å². The molecule has 0 spiro atoms. The molecule has 4 rings (SSSR count). The van der Waals surface area contributed by atoms with Crippen LogP contribution in [0.15, 0.2) is 88.4 Å². The molecule has 2 aromatic carbocycles. The van der Waals surface area contributed by atoms with Crippen molar-refractivity contribution in [3.8, 4) is 0 Å². The summed E-state index contributed by atoms with van der Waals surface area (Å²) >= 11 is 0. The third-order valence-electron chi connectivity index (χ3n) is 5.57. The number of nitrogens with zero attached hydrogens (tertiary/aromatic N) is 3. The molecule has 3 aromatic rings. The van der Waals surface area contributed by atoms with Crippen LogP contribution in [0.1, 0.15) is 11.3 Å². The Morgan fingerprint density at radius 1 is 0.844 bits per heavy atom. The minimum absolute atomic E-state index is 0.00961. The zero-order chi connectivity index (χ0) is 22.4.